The molecule has 9 nitrogen and oxygen atoms in total. The molecule has 3 rings (SSSR count). The molecule has 2 heterocycles. The molecule has 0 radical (unpaired) electrons. The van der Waals surface area contributed by atoms with Gasteiger partial charge in [0, 0.05) is 19.5 Å². The molecular weight excluding hydrogens is 350 g/mol. The topological polar surface area (TPSA) is 108 Å². The zero-order chi connectivity index (χ0) is 19.7. The summed E-state index contributed by atoms with van der Waals surface area (Å²) in [6, 6.07) is 6.62. The van der Waals surface area contributed by atoms with E-state index in [-0.39, 0.29) is 11.3 Å². The highest BCUT2D eigenvalue weighted by Gasteiger charge is 2.19. The lowest BCUT2D eigenvalue weighted by Gasteiger charge is -2.09. The number of fused-ring (bicyclic) bond motifs is 1. The number of anilines is 1. The van der Waals surface area contributed by atoms with Crippen LogP contribution in [0.5, 0.6) is 0 Å². The predicted molar refractivity (Wildman–Crippen MR) is 98.6 cm³/mol. The van der Waals surface area contributed by atoms with Crippen molar-refractivity contribution in [3.63, 3.8) is 0 Å². The minimum absolute atomic E-state index is 0.0192. The first kappa shape index (κ1) is 18.3. The number of nitrogens with zero attached hydrogens (tertiary/aromatic N) is 4. The molecule has 0 unspecified atom stereocenters. The van der Waals surface area contributed by atoms with E-state index in [0.717, 1.165) is 10.4 Å². The summed E-state index contributed by atoms with van der Waals surface area (Å²) in [4.78, 5) is 36.7. The van der Waals surface area contributed by atoms with Crippen LogP contribution in [-0.2, 0) is 23.6 Å². The predicted octanol–water partition coefficient (Wildman–Crippen LogP) is 1.08. The number of rotatable bonds is 4. The molecule has 0 saturated heterocycles. The Kier molecular flexibility index (Phi) is 4.76. The Bertz CT molecular complexity index is 1110. The maximum Gasteiger partial charge on any atom is 0.359 e. The lowest BCUT2D eigenvalue weighted by molar-refractivity contribution is -0.119. The molecule has 3 aromatic rings. The van der Waals surface area contributed by atoms with Crippen molar-refractivity contribution in [2.45, 2.75) is 13.8 Å². The van der Waals surface area contributed by atoms with Crippen molar-refractivity contribution < 1.29 is 14.3 Å². The number of amides is 1. The molecule has 1 N–H and O–H groups in total. The number of aryl methyl sites for hydroxylation is 3. The molecule has 0 saturated carbocycles. The maximum absolute atomic E-state index is 12.4. The first-order chi connectivity index (χ1) is 12.8. The van der Waals surface area contributed by atoms with Gasteiger partial charge in [-0.15, -0.1) is 0 Å². The lowest BCUT2D eigenvalue weighted by atomic mass is 10.1. The number of hydrogen-bond acceptors (Lipinski definition) is 6. The van der Waals surface area contributed by atoms with Crippen molar-refractivity contribution in [2.75, 3.05) is 11.9 Å². The molecule has 0 fully saturated rings. The van der Waals surface area contributed by atoms with Crippen LogP contribution in [-0.4, -0.2) is 38.0 Å². The third-order valence-electron chi connectivity index (χ3n) is 4.26. The molecule has 0 atom stereocenters. The zero-order valence-electron chi connectivity index (χ0n) is 15.4. The van der Waals surface area contributed by atoms with Gasteiger partial charge in [0.2, 0.25) is 0 Å². The van der Waals surface area contributed by atoms with Gasteiger partial charge >= 0.3 is 5.97 Å². The lowest BCUT2D eigenvalue weighted by Crippen LogP contribution is -2.26. The number of benzene rings is 1. The third kappa shape index (κ3) is 3.43. The number of hydrogen-bond donors (Lipinski definition) is 1. The van der Waals surface area contributed by atoms with Crippen LogP contribution < -0.4 is 10.9 Å². The van der Waals surface area contributed by atoms with Crippen LogP contribution in [0.2, 0.25) is 0 Å². The van der Waals surface area contributed by atoms with Crippen LogP contribution >= 0.6 is 0 Å². The zero-order valence-corrected chi connectivity index (χ0v) is 15.4. The van der Waals surface area contributed by atoms with E-state index in [0.29, 0.717) is 22.2 Å². The van der Waals surface area contributed by atoms with Gasteiger partial charge in [-0.25, -0.2) is 9.48 Å². The summed E-state index contributed by atoms with van der Waals surface area (Å²) in [7, 11) is 3.22. The molecule has 1 amide bonds. The van der Waals surface area contributed by atoms with E-state index in [2.05, 4.69) is 15.5 Å². The summed E-state index contributed by atoms with van der Waals surface area (Å²) in [5.41, 5.74) is 1.71. The summed E-state index contributed by atoms with van der Waals surface area (Å²) in [5.74, 6) is -1.27. The highest BCUT2D eigenvalue weighted by Crippen LogP contribution is 2.18. The fourth-order valence-corrected chi connectivity index (χ4v) is 2.78. The van der Waals surface area contributed by atoms with E-state index >= 15 is 0 Å². The van der Waals surface area contributed by atoms with Gasteiger partial charge in [-0.05, 0) is 19.9 Å². The van der Waals surface area contributed by atoms with E-state index in [1.807, 2.05) is 6.92 Å². The van der Waals surface area contributed by atoms with E-state index in [4.69, 9.17) is 4.74 Å². The van der Waals surface area contributed by atoms with Crippen molar-refractivity contribution >= 4 is 28.3 Å². The molecule has 27 heavy (non-hydrogen) atoms. The van der Waals surface area contributed by atoms with Crippen molar-refractivity contribution in [3.05, 3.63) is 51.7 Å². The number of ether oxygens (including phenoxy) is 1. The van der Waals surface area contributed by atoms with Gasteiger partial charge in [0.1, 0.15) is 0 Å². The van der Waals surface area contributed by atoms with Gasteiger partial charge in [0.15, 0.2) is 12.3 Å². The molecule has 0 spiro atoms. The standard InChI is InChI=1S/C18H19N5O4/c1-10-15(11(2)22(3)20-10)19-14(24)9-27-18(26)16-12-7-5-6-8-13(12)17(25)23(4)21-16/h5-8H,9H2,1-4H3,(H,19,24). The molecule has 0 aliphatic carbocycles. The van der Waals surface area contributed by atoms with Gasteiger partial charge in [-0.2, -0.15) is 10.2 Å². The Morgan fingerprint density at radius 3 is 2.37 bits per heavy atom. The Hall–Kier alpha value is -3.49. The van der Waals surface area contributed by atoms with Crippen molar-refractivity contribution in [1.29, 1.82) is 0 Å². The van der Waals surface area contributed by atoms with Gasteiger partial charge in [0.25, 0.3) is 11.5 Å². The monoisotopic (exact) mass is 369 g/mol. The largest absolute Gasteiger partial charge is 0.451 e. The van der Waals surface area contributed by atoms with E-state index < -0.39 is 18.5 Å². The van der Waals surface area contributed by atoms with Crippen LogP contribution in [0.15, 0.2) is 29.1 Å². The smallest absolute Gasteiger partial charge is 0.359 e. The van der Waals surface area contributed by atoms with E-state index in [1.165, 1.54) is 7.05 Å². The first-order valence-electron chi connectivity index (χ1n) is 8.22. The summed E-state index contributed by atoms with van der Waals surface area (Å²) in [6.07, 6.45) is 0. The number of nitrogens with one attached hydrogen (secondary N) is 1. The van der Waals surface area contributed by atoms with Crippen LogP contribution in [0, 0.1) is 13.8 Å². The number of esters is 1. The van der Waals surface area contributed by atoms with Crippen LogP contribution in [0.25, 0.3) is 10.8 Å². The number of carbonyl (C=O) groups is 2. The molecule has 9 heteroatoms. The molecule has 0 aliphatic heterocycles. The first-order valence-corrected chi connectivity index (χ1v) is 8.22. The molecule has 1 aromatic carbocycles. The van der Waals surface area contributed by atoms with Gasteiger partial charge in [-0.3, -0.25) is 14.3 Å². The van der Waals surface area contributed by atoms with Crippen molar-refractivity contribution in [1.82, 2.24) is 19.6 Å². The Morgan fingerprint density at radius 1 is 1.07 bits per heavy atom. The number of carbonyl (C=O) groups excluding carboxylic acids is 2. The second kappa shape index (κ2) is 7.02. The fourth-order valence-electron chi connectivity index (χ4n) is 2.78. The minimum atomic E-state index is -0.781. The van der Waals surface area contributed by atoms with Crippen molar-refractivity contribution in [2.24, 2.45) is 14.1 Å². The summed E-state index contributed by atoms with van der Waals surface area (Å²) < 4.78 is 7.82. The van der Waals surface area contributed by atoms with E-state index in [9.17, 15) is 14.4 Å². The van der Waals surface area contributed by atoms with Gasteiger partial charge in [-0.1, -0.05) is 18.2 Å². The fraction of sp³-hybridized carbons (Fsp3) is 0.278. The molecular formula is C18H19N5O4. The van der Waals surface area contributed by atoms with Crippen LogP contribution in [0.4, 0.5) is 5.69 Å². The normalized spacial score (nSPS) is 10.8. The molecule has 0 bridgehead atoms. The summed E-state index contributed by atoms with van der Waals surface area (Å²) in [6.45, 7) is 3.11. The second-order valence-corrected chi connectivity index (χ2v) is 6.12. The molecule has 140 valence electrons. The Morgan fingerprint density at radius 2 is 1.74 bits per heavy atom. The van der Waals surface area contributed by atoms with E-state index in [1.54, 1.807) is 42.9 Å². The Labute approximate surface area is 154 Å². The molecule has 2 aromatic heterocycles. The highest BCUT2D eigenvalue weighted by molar-refractivity contribution is 6.03. The maximum atomic E-state index is 12.4. The quantitative estimate of drug-likeness (QED) is 0.690. The molecule has 0 aliphatic rings. The van der Waals surface area contributed by atoms with Crippen LogP contribution in [0.1, 0.15) is 21.9 Å². The van der Waals surface area contributed by atoms with Crippen molar-refractivity contribution in [3.8, 4) is 0 Å². The average molecular weight is 369 g/mol. The SMILES string of the molecule is Cc1nn(C)c(C)c1NC(=O)COC(=O)c1nn(C)c(=O)c2ccccc12. The highest BCUT2D eigenvalue weighted by atomic mass is 16.5. The number of aromatic nitrogens is 4. The Balaban J connectivity index is 1.77. The minimum Gasteiger partial charge on any atom is -0.451 e. The summed E-state index contributed by atoms with van der Waals surface area (Å²) >= 11 is 0. The third-order valence-corrected chi connectivity index (χ3v) is 4.26. The van der Waals surface area contributed by atoms with Crippen LogP contribution in [0.3, 0.4) is 0 Å². The van der Waals surface area contributed by atoms with Gasteiger partial charge in [0.05, 0.1) is 22.5 Å². The summed E-state index contributed by atoms with van der Waals surface area (Å²) in [5, 5.41) is 11.6. The van der Waals surface area contributed by atoms with Gasteiger partial charge < -0.3 is 10.1 Å². The average Bonchev–Trinajstić information content (AvgIpc) is 2.89. The second-order valence-electron chi connectivity index (χ2n) is 6.12.